The number of carbonyl (C=O) groups is 1. The minimum absolute atomic E-state index is 0.114. The molecule has 0 saturated carbocycles. The van der Waals surface area contributed by atoms with Crippen LogP contribution >= 0.6 is 39.9 Å². The summed E-state index contributed by atoms with van der Waals surface area (Å²) in [6.45, 7) is 0.275. The van der Waals surface area contributed by atoms with Crippen molar-refractivity contribution in [3.8, 4) is 35.3 Å². The third-order valence-electron chi connectivity index (χ3n) is 4.26. The summed E-state index contributed by atoms with van der Waals surface area (Å²) in [6.07, 6.45) is 7.02. The van der Waals surface area contributed by atoms with E-state index in [0.717, 1.165) is 5.56 Å². The van der Waals surface area contributed by atoms with Gasteiger partial charge in [-0.2, -0.15) is 0 Å². The number of fused-ring (bicyclic) bond motifs is 1. The van der Waals surface area contributed by atoms with E-state index in [2.05, 4.69) is 21.9 Å². The summed E-state index contributed by atoms with van der Waals surface area (Å²) < 4.78 is 22.8. The fraction of sp³-hybridized carbons (Fsp3) is 0.143. The number of nitrogens with zero attached hydrogens (tertiary/aromatic N) is 1. The fourth-order valence-electron chi connectivity index (χ4n) is 2.94. The summed E-state index contributed by atoms with van der Waals surface area (Å²) in [5, 5.41) is 0. The lowest BCUT2D eigenvalue weighted by Crippen LogP contribution is -2.27. The molecule has 0 aliphatic carbocycles. The van der Waals surface area contributed by atoms with Crippen LogP contribution in [0.2, 0.25) is 0 Å². The fourth-order valence-corrected chi connectivity index (χ4v) is 4.82. The largest absolute Gasteiger partial charge is 0.493 e. The summed E-state index contributed by atoms with van der Waals surface area (Å²) in [7, 11) is 1.54. The van der Waals surface area contributed by atoms with Gasteiger partial charge in [-0.25, -0.2) is 0 Å². The van der Waals surface area contributed by atoms with Crippen LogP contribution in [0.3, 0.4) is 0 Å². The molecule has 2 aliphatic heterocycles. The second-order valence-corrected chi connectivity index (χ2v) is 8.61. The molecule has 0 N–H and O–H groups in total. The molecule has 2 aromatic rings. The van der Waals surface area contributed by atoms with Crippen molar-refractivity contribution in [2.75, 3.05) is 25.4 Å². The highest BCUT2D eigenvalue weighted by Gasteiger charge is 2.34. The highest BCUT2D eigenvalue weighted by atomic mass is 79.9. The van der Waals surface area contributed by atoms with Crippen LogP contribution in [0.1, 0.15) is 5.56 Å². The first-order chi connectivity index (χ1) is 14.5. The second-order valence-electron chi connectivity index (χ2n) is 6.08. The first kappa shape index (κ1) is 20.6. The van der Waals surface area contributed by atoms with Gasteiger partial charge in [0, 0.05) is 6.07 Å². The third kappa shape index (κ3) is 3.86. The zero-order chi connectivity index (χ0) is 21.3. The highest BCUT2D eigenvalue weighted by Crippen LogP contribution is 2.42. The Morgan fingerprint density at radius 3 is 2.90 bits per heavy atom. The smallest absolute Gasteiger partial charge is 0.270 e. The molecule has 1 amide bonds. The molecule has 2 aliphatic rings. The summed E-state index contributed by atoms with van der Waals surface area (Å²) in [5.74, 6) is 4.43. The van der Waals surface area contributed by atoms with Gasteiger partial charge < -0.3 is 18.9 Å². The van der Waals surface area contributed by atoms with Crippen LogP contribution in [-0.2, 0) is 4.79 Å². The predicted octanol–water partition coefficient (Wildman–Crippen LogP) is 4.60. The van der Waals surface area contributed by atoms with Crippen LogP contribution in [0.4, 0.5) is 5.69 Å². The number of rotatable bonds is 5. The van der Waals surface area contributed by atoms with Gasteiger partial charge in [0.2, 0.25) is 6.79 Å². The molecule has 1 saturated heterocycles. The number of hydrogen-bond acceptors (Lipinski definition) is 7. The molecule has 0 unspecified atom stereocenters. The van der Waals surface area contributed by atoms with Gasteiger partial charge in [-0.15, -0.1) is 6.42 Å². The first-order valence-corrected chi connectivity index (χ1v) is 10.6. The number of thiocarbonyl (C=S) groups is 1. The number of carbonyl (C=O) groups excluding carboxylic acids is 1. The van der Waals surface area contributed by atoms with Crippen LogP contribution < -0.4 is 23.8 Å². The number of thioether (sulfide) groups is 1. The lowest BCUT2D eigenvalue weighted by Gasteiger charge is -2.15. The maximum atomic E-state index is 13.1. The van der Waals surface area contributed by atoms with Gasteiger partial charge in [-0.05, 0) is 51.8 Å². The van der Waals surface area contributed by atoms with Gasteiger partial charge in [-0.3, -0.25) is 9.69 Å². The molecule has 0 atom stereocenters. The van der Waals surface area contributed by atoms with E-state index in [4.69, 9.17) is 37.6 Å². The van der Waals surface area contributed by atoms with Gasteiger partial charge in [0.05, 0.1) is 22.2 Å². The van der Waals surface area contributed by atoms with Gasteiger partial charge in [0.1, 0.15) is 6.61 Å². The Hall–Kier alpha value is -2.67. The predicted molar refractivity (Wildman–Crippen MR) is 123 cm³/mol. The number of halogens is 1. The molecule has 30 heavy (non-hydrogen) atoms. The summed E-state index contributed by atoms with van der Waals surface area (Å²) in [6, 6.07) is 8.87. The molecule has 9 heteroatoms. The van der Waals surface area contributed by atoms with Gasteiger partial charge in [0.25, 0.3) is 5.91 Å². The summed E-state index contributed by atoms with van der Waals surface area (Å²) >= 11 is 10.1. The van der Waals surface area contributed by atoms with Gasteiger partial charge in [0.15, 0.2) is 27.3 Å². The number of methoxy groups -OCH3 is 1. The number of terminal acetylenes is 1. The van der Waals surface area contributed by atoms with Crippen molar-refractivity contribution in [2.24, 2.45) is 0 Å². The van der Waals surface area contributed by atoms with E-state index in [9.17, 15) is 4.79 Å². The average molecular weight is 504 g/mol. The average Bonchev–Trinajstić information content (AvgIpc) is 3.30. The number of ether oxygens (including phenoxy) is 4. The van der Waals surface area contributed by atoms with Crippen molar-refractivity contribution in [3.63, 3.8) is 0 Å². The Kier molecular flexibility index (Phi) is 5.90. The van der Waals surface area contributed by atoms with Gasteiger partial charge in [-0.1, -0.05) is 29.9 Å². The van der Waals surface area contributed by atoms with E-state index in [1.165, 1.54) is 23.8 Å². The molecule has 152 valence electrons. The number of amides is 1. The topological polar surface area (TPSA) is 57.2 Å². The van der Waals surface area contributed by atoms with Crippen molar-refractivity contribution in [3.05, 3.63) is 45.3 Å². The van der Waals surface area contributed by atoms with Crippen LogP contribution in [-0.4, -0.2) is 30.7 Å². The molecule has 0 radical (unpaired) electrons. The van der Waals surface area contributed by atoms with E-state index < -0.39 is 0 Å². The Balaban J connectivity index is 1.64. The van der Waals surface area contributed by atoms with Crippen molar-refractivity contribution < 1.29 is 23.7 Å². The van der Waals surface area contributed by atoms with Crippen LogP contribution in [0.5, 0.6) is 23.0 Å². The van der Waals surface area contributed by atoms with Crippen molar-refractivity contribution in [2.45, 2.75) is 0 Å². The first-order valence-electron chi connectivity index (χ1n) is 8.63. The molecule has 4 rings (SSSR count). The Bertz CT molecular complexity index is 1130. The number of anilines is 1. The Morgan fingerprint density at radius 2 is 2.13 bits per heavy atom. The van der Waals surface area contributed by atoms with Crippen molar-refractivity contribution in [1.29, 1.82) is 0 Å². The lowest BCUT2D eigenvalue weighted by atomic mass is 10.1. The SMILES string of the molecule is C#CCOc1c(Br)cc(/C=C2/SC(=S)N(c3ccc4c(c3)OCO4)C2=O)cc1OC. The van der Waals surface area contributed by atoms with E-state index >= 15 is 0 Å². The van der Waals surface area contributed by atoms with Crippen molar-refractivity contribution >= 4 is 61.9 Å². The van der Waals surface area contributed by atoms with E-state index in [-0.39, 0.29) is 19.3 Å². The molecule has 2 aromatic carbocycles. The molecular weight excluding hydrogens is 490 g/mol. The van der Waals surface area contributed by atoms with Crippen LogP contribution in [0.25, 0.3) is 6.08 Å². The minimum Gasteiger partial charge on any atom is -0.493 e. The summed E-state index contributed by atoms with van der Waals surface area (Å²) in [4.78, 5) is 15.0. The van der Waals surface area contributed by atoms with Crippen molar-refractivity contribution in [1.82, 2.24) is 0 Å². The maximum absolute atomic E-state index is 13.1. The third-order valence-corrected chi connectivity index (χ3v) is 6.15. The molecule has 0 bridgehead atoms. The lowest BCUT2D eigenvalue weighted by molar-refractivity contribution is -0.113. The Morgan fingerprint density at radius 1 is 1.33 bits per heavy atom. The number of hydrogen-bond donors (Lipinski definition) is 0. The zero-order valence-corrected chi connectivity index (χ0v) is 18.9. The van der Waals surface area contributed by atoms with E-state index in [1.54, 1.807) is 30.3 Å². The number of benzene rings is 2. The Labute approximate surface area is 191 Å². The zero-order valence-electron chi connectivity index (χ0n) is 15.6. The molecule has 0 aromatic heterocycles. The van der Waals surface area contributed by atoms with E-state index in [0.29, 0.717) is 42.4 Å². The molecule has 2 heterocycles. The van der Waals surface area contributed by atoms with Crippen LogP contribution in [0.15, 0.2) is 39.7 Å². The monoisotopic (exact) mass is 503 g/mol. The molecular formula is C21H14BrNO5S2. The normalized spacial score (nSPS) is 16.2. The second kappa shape index (κ2) is 8.60. The molecule has 6 nitrogen and oxygen atoms in total. The highest BCUT2D eigenvalue weighted by molar-refractivity contribution is 9.10. The minimum atomic E-state index is -0.216. The maximum Gasteiger partial charge on any atom is 0.270 e. The van der Waals surface area contributed by atoms with E-state index in [1.807, 2.05) is 6.07 Å². The van der Waals surface area contributed by atoms with Crippen LogP contribution in [0, 0.1) is 12.3 Å². The molecule has 1 fully saturated rings. The molecule has 0 spiro atoms. The standard InChI is InChI=1S/C21H14BrNO5S2/c1-3-6-26-19-14(22)7-12(8-17(19)25-2)9-18-20(24)23(21(29)30-18)13-4-5-15-16(10-13)28-11-27-15/h1,4-5,7-10H,6,11H2,2H3/b18-9+. The van der Waals surface area contributed by atoms with Gasteiger partial charge >= 0.3 is 0 Å². The summed E-state index contributed by atoms with van der Waals surface area (Å²) in [5.41, 5.74) is 1.37. The quantitative estimate of drug-likeness (QED) is 0.335.